The molecule has 1 aliphatic rings. The molecule has 2 unspecified atom stereocenters. The molecule has 0 spiro atoms. The second-order valence-electron chi connectivity index (χ2n) is 4.20. The molecule has 1 rings (SSSR count). The van der Waals surface area contributed by atoms with E-state index in [1.165, 1.54) is 0 Å². The molecule has 1 saturated heterocycles. The summed E-state index contributed by atoms with van der Waals surface area (Å²) in [5.41, 5.74) is 0. The van der Waals surface area contributed by atoms with Crippen molar-refractivity contribution in [2.75, 3.05) is 18.1 Å². The monoisotopic (exact) mass is 233 g/mol. The standard InChI is InChI=1S/C10H19NO3S/c1-4-10(12)9(3)11-5-6-15(13,14)7-8(11)2/h8-9H,4-7H2,1-3H3. The van der Waals surface area contributed by atoms with Crippen LogP contribution < -0.4 is 0 Å². The zero-order chi connectivity index (χ0) is 11.6. The van der Waals surface area contributed by atoms with Crippen molar-refractivity contribution in [3.8, 4) is 0 Å². The van der Waals surface area contributed by atoms with Gasteiger partial charge in [-0.2, -0.15) is 0 Å². The van der Waals surface area contributed by atoms with Crippen LogP contribution >= 0.6 is 0 Å². The Labute approximate surface area is 91.6 Å². The van der Waals surface area contributed by atoms with Gasteiger partial charge in [-0.1, -0.05) is 6.92 Å². The number of rotatable bonds is 3. The predicted octanol–water partition coefficient (Wildman–Crippen LogP) is 0.473. The van der Waals surface area contributed by atoms with E-state index < -0.39 is 9.84 Å². The average Bonchev–Trinajstić information content (AvgIpc) is 2.14. The van der Waals surface area contributed by atoms with Crippen molar-refractivity contribution < 1.29 is 13.2 Å². The van der Waals surface area contributed by atoms with E-state index in [0.717, 1.165) is 0 Å². The van der Waals surface area contributed by atoms with Crippen molar-refractivity contribution in [1.82, 2.24) is 4.90 Å². The molecule has 0 amide bonds. The van der Waals surface area contributed by atoms with Crippen molar-refractivity contribution in [2.45, 2.75) is 39.3 Å². The Morgan fingerprint density at radius 2 is 2.13 bits per heavy atom. The third-order valence-electron chi connectivity index (χ3n) is 3.03. The van der Waals surface area contributed by atoms with Gasteiger partial charge in [0, 0.05) is 19.0 Å². The maximum absolute atomic E-state index is 11.5. The number of Topliss-reactive ketones (excluding diaryl/α,β-unsaturated/α-hetero) is 1. The molecule has 0 aromatic rings. The first-order valence-corrected chi connectivity index (χ1v) is 7.18. The van der Waals surface area contributed by atoms with Crippen LogP contribution in [0.4, 0.5) is 0 Å². The summed E-state index contributed by atoms with van der Waals surface area (Å²) in [6, 6.07) is -0.199. The normalized spacial score (nSPS) is 28.6. The first-order valence-electron chi connectivity index (χ1n) is 5.36. The van der Waals surface area contributed by atoms with Crippen molar-refractivity contribution >= 4 is 15.6 Å². The fraction of sp³-hybridized carbons (Fsp3) is 0.900. The van der Waals surface area contributed by atoms with Crippen molar-refractivity contribution in [2.24, 2.45) is 0 Å². The Kier molecular flexibility index (Phi) is 3.89. The quantitative estimate of drug-likeness (QED) is 0.711. The summed E-state index contributed by atoms with van der Waals surface area (Å²) >= 11 is 0. The van der Waals surface area contributed by atoms with Crippen molar-refractivity contribution in [1.29, 1.82) is 0 Å². The van der Waals surface area contributed by atoms with Crippen LogP contribution in [0.1, 0.15) is 27.2 Å². The fourth-order valence-corrected chi connectivity index (χ4v) is 3.65. The molecule has 1 heterocycles. The Bertz CT molecular complexity index is 337. The van der Waals surface area contributed by atoms with Crippen LogP contribution in [0.5, 0.6) is 0 Å². The first kappa shape index (κ1) is 12.6. The van der Waals surface area contributed by atoms with E-state index in [1.807, 2.05) is 25.7 Å². The molecule has 0 radical (unpaired) electrons. The van der Waals surface area contributed by atoms with Crippen LogP contribution in [0.3, 0.4) is 0 Å². The van der Waals surface area contributed by atoms with Crippen LogP contribution in [0, 0.1) is 0 Å². The molecular formula is C10H19NO3S. The predicted molar refractivity (Wildman–Crippen MR) is 59.6 cm³/mol. The second-order valence-corrected chi connectivity index (χ2v) is 6.43. The molecule has 5 heteroatoms. The second kappa shape index (κ2) is 4.61. The van der Waals surface area contributed by atoms with Crippen molar-refractivity contribution in [3.63, 3.8) is 0 Å². The summed E-state index contributed by atoms with van der Waals surface area (Å²) in [6.45, 7) is 6.05. The number of carbonyl (C=O) groups excluding carboxylic acids is 1. The topological polar surface area (TPSA) is 54.5 Å². The van der Waals surface area contributed by atoms with Crippen molar-refractivity contribution in [3.05, 3.63) is 0 Å². The van der Waals surface area contributed by atoms with E-state index in [2.05, 4.69) is 0 Å². The summed E-state index contributed by atoms with van der Waals surface area (Å²) < 4.78 is 22.7. The Balaban J connectivity index is 2.70. The highest BCUT2D eigenvalue weighted by Crippen LogP contribution is 2.15. The molecule has 4 nitrogen and oxygen atoms in total. The summed E-state index contributed by atoms with van der Waals surface area (Å²) in [7, 11) is -2.88. The van der Waals surface area contributed by atoms with Crippen LogP contribution in [0.25, 0.3) is 0 Å². The molecular weight excluding hydrogens is 214 g/mol. The molecule has 88 valence electrons. The minimum Gasteiger partial charge on any atom is -0.298 e. The first-order chi connectivity index (χ1) is 6.87. The van der Waals surface area contributed by atoms with Gasteiger partial charge in [0.1, 0.15) is 5.78 Å². The molecule has 0 aliphatic carbocycles. The maximum Gasteiger partial charge on any atom is 0.153 e. The van der Waals surface area contributed by atoms with Gasteiger partial charge in [-0.3, -0.25) is 9.69 Å². The Morgan fingerprint density at radius 1 is 1.53 bits per heavy atom. The van der Waals surface area contributed by atoms with Gasteiger partial charge in [0.25, 0.3) is 0 Å². The molecule has 0 aromatic carbocycles. The molecule has 2 atom stereocenters. The minimum atomic E-state index is -2.88. The van der Waals surface area contributed by atoms with Gasteiger partial charge in [-0.25, -0.2) is 8.42 Å². The Morgan fingerprint density at radius 3 is 2.60 bits per heavy atom. The van der Waals surface area contributed by atoms with E-state index >= 15 is 0 Å². The molecule has 1 aliphatic heterocycles. The van der Waals surface area contributed by atoms with E-state index in [0.29, 0.717) is 13.0 Å². The number of hydrogen-bond donors (Lipinski definition) is 0. The number of hydrogen-bond acceptors (Lipinski definition) is 4. The van der Waals surface area contributed by atoms with Crippen LogP contribution in [0.15, 0.2) is 0 Å². The number of carbonyl (C=O) groups is 1. The zero-order valence-electron chi connectivity index (χ0n) is 9.56. The van der Waals surface area contributed by atoms with E-state index in [9.17, 15) is 13.2 Å². The maximum atomic E-state index is 11.5. The number of sulfone groups is 1. The van der Waals surface area contributed by atoms with E-state index in [4.69, 9.17) is 0 Å². The zero-order valence-corrected chi connectivity index (χ0v) is 10.4. The van der Waals surface area contributed by atoms with Crippen LogP contribution in [-0.2, 0) is 14.6 Å². The molecule has 0 bridgehead atoms. The van der Waals surface area contributed by atoms with Gasteiger partial charge >= 0.3 is 0 Å². The Hall–Kier alpha value is -0.420. The lowest BCUT2D eigenvalue weighted by atomic mass is 10.1. The summed E-state index contributed by atoms with van der Waals surface area (Å²) in [6.07, 6.45) is 0.511. The summed E-state index contributed by atoms with van der Waals surface area (Å²) in [4.78, 5) is 13.5. The average molecular weight is 233 g/mol. The van der Waals surface area contributed by atoms with E-state index in [1.54, 1.807) is 0 Å². The molecule has 1 fully saturated rings. The number of ketones is 1. The molecule has 15 heavy (non-hydrogen) atoms. The third-order valence-corrected chi connectivity index (χ3v) is 4.83. The van der Waals surface area contributed by atoms with Gasteiger partial charge in [-0.05, 0) is 13.8 Å². The van der Waals surface area contributed by atoms with Crippen LogP contribution in [0.2, 0.25) is 0 Å². The highest BCUT2D eigenvalue weighted by Gasteiger charge is 2.32. The van der Waals surface area contributed by atoms with Gasteiger partial charge in [0.15, 0.2) is 9.84 Å². The van der Waals surface area contributed by atoms with Gasteiger partial charge in [-0.15, -0.1) is 0 Å². The van der Waals surface area contributed by atoms with Gasteiger partial charge in [0.05, 0.1) is 17.5 Å². The largest absolute Gasteiger partial charge is 0.298 e. The fourth-order valence-electron chi connectivity index (χ4n) is 2.07. The SMILES string of the molecule is CCC(=O)C(C)N1CCS(=O)(=O)CC1C. The van der Waals surface area contributed by atoms with Gasteiger partial charge < -0.3 is 0 Å². The smallest absolute Gasteiger partial charge is 0.153 e. The lowest BCUT2D eigenvalue weighted by Gasteiger charge is -2.36. The van der Waals surface area contributed by atoms with Gasteiger partial charge in [0.2, 0.25) is 0 Å². The molecule has 0 N–H and O–H groups in total. The minimum absolute atomic E-state index is 0.0470. The van der Waals surface area contributed by atoms with Crippen LogP contribution in [-0.4, -0.2) is 49.2 Å². The molecule has 0 saturated carbocycles. The van der Waals surface area contributed by atoms with E-state index in [-0.39, 0.29) is 29.4 Å². The molecule has 0 aromatic heterocycles. The highest BCUT2D eigenvalue weighted by molar-refractivity contribution is 7.91. The lowest BCUT2D eigenvalue weighted by molar-refractivity contribution is -0.124. The number of nitrogens with zero attached hydrogens (tertiary/aromatic N) is 1. The highest BCUT2D eigenvalue weighted by atomic mass is 32.2. The lowest BCUT2D eigenvalue weighted by Crippen LogP contribution is -2.53. The third kappa shape index (κ3) is 3.01. The summed E-state index contributed by atoms with van der Waals surface area (Å²) in [5, 5.41) is 0. The summed E-state index contributed by atoms with van der Waals surface area (Å²) in [5.74, 6) is 0.536.